The number of hydrogen-bond acceptors (Lipinski definition) is 6. The summed E-state index contributed by atoms with van der Waals surface area (Å²) in [6, 6.07) is 16.8. The number of amides is 2. The first kappa shape index (κ1) is 21.0. The minimum Gasteiger partial charge on any atom is -0.484 e. The van der Waals surface area contributed by atoms with Gasteiger partial charge in [0.05, 0.1) is 0 Å². The first-order chi connectivity index (χ1) is 15.0. The fraction of sp³-hybridized carbons (Fsp3) is 0.261. The molecule has 0 radical (unpaired) electrons. The summed E-state index contributed by atoms with van der Waals surface area (Å²) < 4.78 is 10.9. The standard InChI is InChI=1S/C23H22N2O5S/c1-15-14-31-22-19(24-18(26)13-29-17-10-6-3-7-11-17)21(27)25(22)20(15)23(28)30-12-16-8-4-2-5-9-16/h2-11,19-20,22H,1,12-14H2,(H,24,26)/t19?,20?,22-/m1/s1. The van der Waals surface area contributed by atoms with Crippen molar-refractivity contribution in [1.29, 1.82) is 0 Å². The number of nitrogens with zero attached hydrogens (tertiary/aromatic N) is 1. The summed E-state index contributed by atoms with van der Waals surface area (Å²) in [7, 11) is 0. The molecule has 0 aliphatic carbocycles. The minimum absolute atomic E-state index is 0.125. The predicted octanol–water partition coefficient (Wildman–Crippen LogP) is 2.13. The summed E-state index contributed by atoms with van der Waals surface area (Å²) in [5.41, 5.74) is 1.48. The minimum atomic E-state index is -0.837. The molecule has 0 spiro atoms. The summed E-state index contributed by atoms with van der Waals surface area (Å²) in [4.78, 5) is 39.2. The molecule has 1 N–H and O–H groups in total. The van der Waals surface area contributed by atoms with Crippen molar-refractivity contribution in [2.45, 2.75) is 24.1 Å². The third kappa shape index (κ3) is 4.59. The van der Waals surface area contributed by atoms with Crippen LogP contribution in [-0.2, 0) is 25.7 Å². The third-order valence-corrected chi connectivity index (χ3v) is 6.44. The van der Waals surface area contributed by atoms with Crippen LogP contribution in [0.1, 0.15) is 5.56 Å². The van der Waals surface area contributed by atoms with Gasteiger partial charge >= 0.3 is 5.97 Å². The number of β-lactam (4-membered cyclic amide) rings is 1. The van der Waals surface area contributed by atoms with Gasteiger partial charge in [0.2, 0.25) is 5.91 Å². The number of rotatable bonds is 7. The second-order valence-corrected chi connectivity index (χ2v) is 8.35. The second-order valence-electron chi connectivity index (χ2n) is 7.25. The van der Waals surface area contributed by atoms with E-state index in [1.165, 1.54) is 16.7 Å². The van der Waals surface area contributed by atoms with Crippen LogP contribution in [0.4, 0.5) is 0 Å². The molecule has 31 heavy (non-hydrogen) atoms. The van der Waals surface area contributed by atoms with Crippen molar-refractivity contribution in [2.75, 3.05) is 12.4 Å². The topological polar surface area (TPSA) is 84.9 Å². The molecule has 3 atom stereocenters. The van der Waals surface area contributed by atoms with Crippen LogP contribution in [0, 0.1) is 0 Å². The van der Waals surface area contributed by atoms with E-state index in [9.17, 15) is 14.4 Å². The van der Waals surface area contributed by atoms with Gasteiger partial charge in [0.1, 0.15) is 23.8 Å². The van der Waals surface area contributed by atoms with Crippen LogP contribution in [0.15, 0.2) is 72.8 Å². The summed E-state index contributed by atoms with van der Waals surface area (Å²) in [6.07, 6.45) is 0. The van der Waals surface area contributed by atoms with Gasteiger partial charge in [-0.3, -0.25) is 9.59 Å². The van der Waals surface area contributed by atoms with Crippen LogP contribution >= 0.6 is 11.8 Å². The van der Waals surface area contributed by atoms with Crippen LogP contribution in [0.25, 0.3) is 0 Å². The third-order valence-electron chi connectivity index (χ3n) is 5.06. The maximum atomic E-state index is 12.7. The number of thioether (sulfide) groups is 1. The van der Waals surface area contributed by atoms with Crippen molar-refractivity contribution in [3.8, 4) is 5.75 Å². The number of para-hydroxylation sites is 1. The largest absolute Gasteiger partial charge is 0.484 e. The molecule has 8 heteroatoms. The van der Waals surface area contributed by atoms with Gasteiger partial charge in [0.25, 0.3) is 5.91 Å². The van der Waals surface area contributed by atoms with Gasteiger partial charge in [-0.05, 0) is 23.3 Å². The maximum Gasteiger partial charge on any atom is 0.333 e. The average Bonchev–Trinajstić information content (AvgIpc) is 2.80. The summed E-state index contributed by atoms with van der Waals surface area (Å²) in [6.45, 7) is 3.88. The van der Waals surface area contributed by atoms with Gasteiger partial charge in [0, 0.05) is 5.75 Å². The lowest BCUT2D eigenvalue weighted by atomic mass is 9.98. The SMILES string of the molecule is C=C1CS[C@@H]2C(NC(=O)COc3ccccc3)C(=O)N2C1C(=O)OCc1ccccc1. The Labute approximate surface area is 184 Å². The van der Waals surface area contributed by atoms with Gasteiger partial charge in [-0.1, -0.05) is 55.1 Å². The lowest BCUT2D eigenvalue weighted by molar-refractivity contribution is -0.164. The van der Waals surface area contributed by atoms with Crippen molar-refractivity contribution >= 4 is 29.5 Å². The highest BCUT2D eigenvalue weighted by molar-refractivity contribution is 8.00. The van der Waals surface area contributed by atoms with E-state index in [0.717, 1.165) is 5.56 Å². The first-order valence-corrected chi connectivity index (χ1v) is 10.9. The molecule has 2 amide bonds. The highest BCUT2D eigenvalue weighted by atomic mass is 32.2. The molecule has 2 fully saturated rings. The molecule has 7 nitrogen and oxygen atoms in total. The molecule has 0 aromatic heterocycles. The van der Waals surface area contributed by atoms with Crippen LogP contribution in [0.5, 0.6) is 5.75 Å². The first-order valence-electron chi connectivity index (χ1n) is 9.84. The Morgan fingerprint density at radius 2 is 1.77 bits per heavy atom. The van der Waals surface area contributed by atoms with E-state index < -0.39 is 24.0 Å². The molecule has 4 rings (SSSR count). The van der Waals surface area contributed by atoms with Gasteiger partial charge < -0.3 is 19.7 Å². The van der Waals surface area contributed by atoms with Crippen molar-refractivity contribution in [2.24, 2.45) is 0 Å². The Balaban J connectivity index is 1.33. The number of ether oxygens (including phenoxy) is 2. The van der Waals surface area contributed by atoms with Gasteiger partial charge in [-0.25, -0.2) is 4.79 Å². The van der Waals surface area contributed by atoms with Crippen molar-refractivity contribution < 1.29 is 23.9 Å². The molecule has 2 heterocycles. The van der Waals surface area contributed by atoms with Crippen molar-refractivity contribution in [3.05, 3.63) is 78.4 Å². The molecule has 2 aromatic carbocycles. The van der Waals surface area contributed by atoms with Crippen molar-refractivity contribution in [3.63, 3.8) is 0 Å². The Kier molecular flexibility index (Phi) is 6.27. The number of fused-ring (bicyclic) bond motifs is 1. The van der Waals surface area contributed by atoms with Gasteiger partial charge in [0.15, 0.2) is 12.6 Å². The van der Waals surface area contributed by atoms with Crippen LogP contribution in [-0.4, -0.2) is 52.5 Å². The molecule has 2 unspecified atom stereocenters. The molecular weight excluding hydrogens is 416 g/mol. The molecule has 2 saturated heterocycles. The van der Waals surface area contributed by atoms with E-state index in [0.29, 0.717) is 17.1 Å². The zero-order valence-electron chi connectivity index (χ0n) is 16.7. The van der Waals surface area contributed by atoms with Crippen LogP contribution in [0.3, 0.4) is 0 Å². The molecule has 2 aliphatic rings. The summed E-state index contributed by atoms with van der Waals surface area (Å²) >= 11 is 1.47. The highest BCUT2D eigenvalue weighted by Gasteiger charge is 2.56. The van der Waals surface area contributed by atoms with E-state index in [1.807, 2.05) is 48.5 Å². The number of esters is 1. The lowest BCUT2D eigenvalue weighted by Crippen LogP contribution is -2.74. The fourth-order valence-electron chi connectivity index (χ4n) is 3.51. The number of nitrogens with one attached hydrogen (secondary N) is 1. The normalized spacial score (nSPS) is 22.2. The van der Waals surface area contributed by atoms with Crippen molar-refractivity contribution in [1.82, 2.24) is 10.2 Å². The fourth-order valence-corrected chi connectivity index (χ4v) is 4.81. The van der Waals surface area contributed by atoms with E-state index >= 15 is 0 Å². The number of benzene rings is 2. The Morgan fingerprint density at radius 3 is 2.48 bits per heavy atom. The smallest absolute Gasteiger partial charge is 0.333 e. The Morgan fingerprint density at radius 1 is 1.10 bits per heavy atom. The summed E-state index contributed by atoms with van der Waals surface area (Å²) in [5.74, 6) is -0.150. The second kappa shape index (κ2) is 9.26. The summed E-state index contributed by atoms with van der Waals surface area (Å²) in [5, 5.41) is 2.37. The molecular formula is C23H22N2O5S. The van der Waals surface area contributed by atoms with E-state index in [4.69, 9.17) is 9.47 Å². The predicted molar refractivity (Wildman–Crippen MR) is 116 cm³/mol. The van der Waals surface area contributed by atoms with Crippen LogP contribution < -0.4 is 10.1 Å². The average molecular weight is 439 g/mol. The molecule has 0 saturated carbocycles. The molecule has 2 aliphatic heterocycles. The quantitative estimate of drug-likeness (QED) is 0.405. The van der Waals surface area contributed by atoms with Gasteiger partial charge in [-0.15, -0.1) is 11.8 Å². The van der Waals surface area contributed by atoms with E-state index in [2.05, 4.69) is 11.9 Å². The molecule has 0 bridgehead atoms. The lowest BCUT2D eigenvalue weighted by Gasteiger charge is -2.52. The van der Waals surface area contributed by atoms with Gasteiger partial charge in [-0.2, -0.15) is 0 Å². The van der Waals surface area contributed by atoms with Crippen LogP contribution in [0.2, 0.25) is 0 Å². The maximum absolute atomic E-state index is 12.7. The Bertz CT molecular complexity index is 982. The van der Waals surface area contributed by atoms with E-state index in [1.54, 1.807) is 12.1 Å². The Hall–Kier alpha value is -3.26. The number of carbonyl (C=O) groups is 3. The monoisotopic (exact) mass is 438 g/mol. The molecule has 2 aromatic rings. The number of carbonyl (C=O) groups excluding carboxylic acids is 3. The molecule has 160 valence electrons. The zero-order chi connectivity index (χ0) is 21.8. The number of hydrogen-bond donors (Lipinski definition) is 1. The zero-order valence-corrected chi connectivity index (χ0v) is 17.5. The van der Waals surface area contributed by atoms with E-state index in [-0.39, 0.29) is 24.5 Å². The highest BCUT2D eigenvalue weighted by Crippen LogP contribution is 2.40.